The van der Waals surface area contributed by atoms with Gasteiger partial charge in [0, 0.05) is 31.5 Å². The van der Waals surface area contributed by atoms with E-state index in [2.05, 4.69) is 36.0 Å². The minimum atomic E-state index is 0.266. The Hall–Kier alpha value is -1.75. The molecular weight excluding hydrogens is 328 g/mol. The van der Waals surface area contributed by atoms with Gasteiger partial charge in [-0.2, -0.15) is 0 Å². The van der Waals surface area contributed by atoms with Crippen molar-refractivity contribution >= 4 is 5.71 Å². The molecule has 3 rings (SSSR count). The van der Waals surface area contributed by atoms with Crippen LogP contribution in [0.2, 0.25) is 0 Å². The molecule has 2 heterocycles. The van der Waals surface area contributed by atoms with Crippen LogP contribution in [0.15, 0.2) is 17.3 Å². The molecule has 1 N–H and O–H groups in total. The standard InChI is InChI=1S/C21H32N2O3/c1-5-14(6-2)9-16-13-23-8-7-15-10-20(25-3)21(26-4)11-17(15)19(23)12-18(16)22-24/h10-11,14,16,19,24H,5-9,12-13H2,1-4H3. The van der Waals surface area contributed by atoms with Gasteiger partial charge in [0.1, 0.15) is 0 Å². The van der Waals surface area contributed by atoms with Crippen molar-refractivity contribution in [2.45, 2.75) is 52.0 Å². The fourth-order valence-corrected chi connectivity index (χ4v) is 4.65. The summed E-state index contributed by atoms with van der Waals surface area (Å²) in [6.45, 7) is 6.54. The quantitative estimate of drug-likeness (QED) is 0.608. The minimum absolute atomic E-state index is 0.266. The maximum atomic E-state index is 9.67. The van der Waals surface area contributed by atoms with E-state index in [1.54, 1.807) is 14.2 Å². The van der Waals surface area contributed by atoms with Gasteiger partial charge < -0.3 is 14.7 Å². The van der Waals surface area contributed by atoms with Crippen molar-refractivity contribution < 1.29 is 14.7 Å². The highest BCUT2D eigenvalue weighted by molar-refractivity contribution is 5.88. The van der Waals surface area contributed by atoms with Crippen LogP contribution in [0.3, 0.4) is 0 Å². The van der Waals surface area contributed by atoms with E-state index in [0.29, 0.717) is 11.8 Å². The molecule has 0 radical (unpaired) electrons. The minimum Gasteiger partial charge on any atom is -0.493 e. The van der Waals surface area contributed by atoms with Gasteiger partial charge in [0.25, 0.3) is 0 Å². The summed E-state index contributed by atoms with van der Waals surface area (Å²) in [6, 6.07) is 4.49. The number of nitrogens with zero attached hydrogens (tertiary/aromatic N) is 2. The lowest BCUT2D eigenvalue weighted by Crippen LogP contribution is -2.46. The largest absolute Gasteiger partial charge is 0.493 e. The molecule has 0 amide bonds. The van der Waals surface area contributed by atoms with E-state index in [1.165, 1.54) is 24.0 Å². The summed E-state index contributed by atoms with van der Waals surface area (Å²) in [6.07, 6.45) is 5.32. The molecule has 1 fully saturated rings. The van der Waals surface area contributed by atoms with Gasteiger partial charge >= 0.3 is 0 Å². The molecule has 2 aliphatic rings. The van der Waals surface area contributed by atoms with Crippen molar-refractivity contribution in [3.05, 3.63) is 23.3 Å². The summed E-state index contributed by atoms with van der Waals surface area (Å²) >= 11 is 0. The van der Waals surface area contributed by atoms with Gasteiger partial charge in [-0.15, -0.1) is 0 Å². The lowest BCUT2D eigenvalue weighted by atomic mass is 9.78. The molecule has 0 saturated carbocycles. The molecule has 2 unspecified atom stereocenters. The molecule has 0 spiro atoms. The van der Waals surface area contributed by atoms with E-state index in [9.17, 15) is 5.21 Å². The molecule has 0 aliphatic carbocycles. The molecule has 5 nitrogen and oxygen atoms in total. The Morgan fingerprint density at radius 3 is 2.50 bits per heavy atom. The van der Waals surface area contributed by atoms with Gasteiger partial charge in [-0.25, -0.2) is 0 Å². The predicted octanol–water partition coefficient (Wildman–Crippen LogP) is 4.28. The fraction of sp³-hybridized carbons (Fsp3) is 0.667. The lowest BCUT2D eigenvalue weighted by molar-refractivity contribution is 0.140. The van der Waals surface area contributed by atoms with E-state index in [4.69, 9.17) is 9.47 Å². The third kappa shape index (κ3) is 3.54. The predicted molar refractivity (Wildman–Crippen MR) is 104 cm³/mol. The van der Waals surface area contributed by atoms with Crippen molar-refractivity contribution in [1.29, 1.82) is 0 Å². The molecule has 5 heteroatoms. The Morgan fingerprint density at radius 1 is 1.19 bits per heavy atom. The van der Waals surface area contributed by atoms with Crippen molar-refractivity contribution in [3.63, 3.8) is 0 Å². The second-order valence-corrected chi connectivity index (χ2v) is 7.58. The Morgan fingerprint density at radius 2 is 1.88 bits per heavy atom. The molecule has 2 aliphatic heterocycles. The van der Waals surface area contributed by atoms with Crippen molar-refractivity contribution in [2.24, 2.45) is 17.0 Å². The highest BCUT2D eigenvalue weighted by atomic mass is 16.5. The molecule has 0 bridgehead atoms. The topological polar surface area (TPSA) is 54.3 Å². The zero-order chi connectivity index (χ0) is 18.7. The monoisotopic (exact) mass is 360 g/mol. The summed E-state index contributed by atoms with van der Waals surface area (Å²) < 4.78 is 11.0. The van der Waals surface area contributed by atoms with Crippen LogP contribution in [-0.2, 0) is 6.42 Å². The van der Waals surface area contributed by atoms with Gasteiger partial charge in [-0.05, 0) is 42.0 Å². The SMILES string of the molecule is CCC(CC)CC1CN2CCc3cc(OC)c(OC)cc3C2CC1=NO. The molecule has 0 aromatic heterocycles. The number of piperidine rings is 1. The highest BCUT2D eigenvalue weighted by Gasteiger charge is 2.38. The maximum Gasteiger partial charge on any atom is 0.161 e. The fourth-order valence-electron chi connectivity index (χ4n) is 4.65. The highest BCUT2D eigenvalue weighted by Crippen LogP contribution is 2.43. The summed E-state index contributed by atoms with van der Waals surface area (Å²) in [5, 5.41) is 13.4. The number of benzene rings is 1. The van der Waals surface area contributed by atoms with Crippen LogP contribution in [0.5, 0.6) is 11.5 Å². The van der Waals surface area contributed by atoms with E-state index >= 15 is 0 Å². The molecule has 144 valence electrons. The number of methoxy groups -OCH3 is 2. The second kappa shape index (κ2) is 8.30. The molecule has 26 heavy (non-hydrogen) atoms. The van der Waals surface area contributed by atoms with Crippen LogP contribution in [-0.4, -0.2) is 43.1 Å². The van der Waals surface area contributed by atoms with E-state index < -0.39 is 0 Å². The van der Waals surface area contributed by atoms with Crippen LogP contribution in [0, 0.1) is 11.8 Å². The van der Waals surface area contributed by atoms with Gasteiger partial charge in [-0.3, -0.25) is 4.90 Å². The molecule has 2 atom stereocenters. The van der Waals surface area contributed by atoms with E-state index in [-0.39, 0.29) is 6.04 Å². The number of oxime groups is 1. The number of ether oxygens (including phenoxy) is 2. The number of fused-ring (bicyclic) bond motifs is 3. The second-order valence-electron chi connectivity index (χ2n) is 7.58. The van der Waals surface area contributed by atoms with Crippen molar-refractivity contribution in [3.8, 4) is 11.5 Å². The third-order valence-electron chi connectivity index (χ3n) is 6.34. The number of hydrogen-bond donors (Lipinski definition) is 1. The number of hydrogen-bond acceptors (Lipinski definition) is 5. The Bertz CT molecular complexity index is 655. The molecule has 1 aromatic carbocycles. The smallest absolute Gasteiger partial charge is 0.161 e. The first-order valence-corrected chi connectivity index (χ1v) is 9.84. The van der Waals surface area contributed by atoms with E-state index in [0.717, 1.165) is 49.6 Å². The third-order valence-corrected chi connectivity index (χ3v) is 6.34. The van der Waals surface area contributed by atoms with Gasteiger partial charge in [0.15, 0.2) is 11.5 Å². The summed E-state index contributed by atoms with van der Waals surface area (Å²) in [4.78, 5) is 2.57. The lowest BCUT2D eigenvalue weighted by Gasteiger charge is -2.44. The first kappa shape index (κ1) is 19.0. The summed E-state index contributed by atoms with van der Waals surface area (Å²) in [5.74, 6) is 2.63. The first-order chi connectivity index (χ1) is 12.6. The average molecular weight is 360 g/mol. The average Bonchev–Trinajstić information content (AvgIpc) is 2.69. The Kier molecular flexibility index (Phi) is 6.07. The van der Waals surface area contributed by atoms with Gasteiger partial charge in [-0.1, -0.05) is 31.8 Å². The summed E-state index contributed by atoms with van der Waals surface area (Å²) in [5.41, 5.74) is 3.57. The van der Waals surface area contributed by atoms with Crippen LogP contribution in [0.25, 0.3) is 0 Å². The van der Waals surface area contributed by atoms with Crippen LogP contribution >= 0.6 is 0 Å². The normalized spacial score (nSPS) is 24.4. The first-order valence-electron chi connectivity index (χ1n) is 9.84. The van der Waals surface area contributed by atoms with Crippen LogP contribution in [0.1, 0.15) is 56.7 Å². The van der Waals surface area contributed by atoms with Crippen LogP contribution < -0.4 is 9.47 Å². The van der Waals surface area contributed by atoms with Gasteiger partial charge in [0.05, 0.1) is 19.9 Å². The van der Waals surface area contributed by atoms with E-state index in [1.807, 2.05) is 0 Å². The summed E-state index contributed by atoms with van der Waals surface area (Å²) in [7, 11) is 3.36. The Balaban J connectivity index is 1.87. The molecular formula is C21H32N2O3. The van der Waals surface area contributed by atoms with Crippen molar-refractivity contribution in [2.75, 3.05) is 27.3 Å². The molecule has 1 aromatic rings. The zero-order valence-electron chi connectivity index (χ0n) is 16.5. The van der Waals surface area contributed by atoms with Crippen molar-refractivity contribution in [1.82, 2.24) is 4.90 Å². The number of rotatable bonds is 6. The van der Waals surface area contributed by atoms with Crippen LogP contribution in [0.4, 0.5) is 0 Å². The zero-order valence-corrected chi connectivity index (χ0v) is 16.5. The Labute approximate surface area is 157 Å². The van der Waals surface area contributed by atoms with Gasteiger partial charge in [0.2, 0.25) is 0 Å². The maximum absolute atomic E-state index is 9.67. The molecule has 1 saturated heterocycles.